The summed E-state index contributed by atoms with van der Waals surface area (Å²) in [5.74, 6) is -0.0368. The fraction of sp³-hybridized carbons (Fsp3) is 0.0758. The van der Waals surface area contributed by atoms with Crippen LogP contribution in [0.25, 0.3) is 75.1 Å². The molecule has 2 heterocycles. The molecular weight excluding hydrogens is 853 g/mol. The Kier molecular flexibility index (Phi) is 9.44. The van der Waals surface area contributed by atoms with Crippen LogP contribution in [0.5, 0.6) is 0 Å². The third-order valence-corrected chi connectivity index (χ3v) is 16.2. The third-order valence-electron chi connectivity index (χ3n) is 15.0. The van der Waals surface area contributed by atoms with Crippen molar-refractivity contribution in [3.63, 3.8) is 0 Å². The molecule has 0 N–H and O–H groups in total. The Hall–Kier alpha value is -8.29. The van der Waals surface area contributed by atoms with Crippen molar-refractivity contribution >= 4 is 69.7 Å². The molecule has 69 heavy (non-hydrogen) atoms. The number of aromatic nitrogens is 1. The number of thiophene rings is 1. The summed E-state index contributed by atoms with van der Waals surface area (Å²) in [6.45, 7) is 9.41. The van der Waals surface area contributed by atoms with E-state index < -0.39 is 5.41 Å². The fourth-order valence-corrected chi connectivity index (χ4v) is 12.8. The maximum Gasteiger partial charge on any atom is 0.0991 e. The molecule has 2 aromatic heterocycles. The van der Waals surface area contributed by atoms with Crippen LogP contribution in [0, 0.1) is 25.2 Å². The number of benzene rings is 10. The smallest absolute Gasteiger partial charge is 0.0991 e. The molecule has 0 aliphatic heterocycles. The van der Waals surface area contributed by atoms with E-state index in [9.17, 15) is 5.26 Å². The minimum absolute atomic E-state index is 0.0368. The summed E-state index contributed by atoms with van der Waals surface area (Å²) in [6, 6.07) is 81.1. The van der Waals surface area contributed by atoms with Gasteiger partial charge in [-0.2, -0.15) is 5.26 Å². The van der Waals surface area contributed by atoms with Gasteiger partial charge in [0, 0.05) is 42.2 Å². The fourth-order valence-electron chi connectivity index (χ4n) is 11.7. The number of hydrogen-bond donors (Lipinski definition) is 0. The van der Waals surface area contributed by atoms with Crippen LogP contribution in [0.1, 0.15) is 61.6 Å². The normalized spacial score (nSPS) is 13.2. The van der Waals surface area contributed by atoms with Crippen molar-refractivity contribution in [1.82, 2.24) is 4.57 Å². The van der Waals surface area contributed by atoms with Crippen LogP contribution in [-0.4, -0.2) is 4.57 Å². The van der Waals surface area contributed by atoms with Crippen molar-refractivity contribution in [3.8, 4) is 22.9 Å². The first kappa shape index (κ1) is 40.9. The van der Waals surface area contributed by atoms with Crippen molar-refractivity contribution in [2.24, 2.45) is 0 Å². The molecule has 10 aromatic carbocycles. The lowest BCUT2D eigenvalue weighted by atomic mass is 9.67. The number of fused-ring (bicyclic) bond motifs is 11. The van der Waals surface area contributed by atoms with Gasteiger partial charge in [-0.1, -0.05) is 181 Å². The van der Waals surface area contributed by atoms with Gasteiger partial charge in [0.15, 0.2) is 0 Å². The Morgan fingerprint density at radius 1 is 0.551 bits per heavy atom. The van der Waals surface area contributed by atoms with Crippen molar-refractivity contribution in [2.45, 2.75) is 31.6 Å². The van der Waals surface area contributed by atoms with Crippen LogP contribution in [0.4, 0.5) is 0 Å². The number of nitriles is 1. The summed E-state index contributed by atoms with van der Waals surface area (Å²) < 4.78 is 5.07. The van der Waals surface area contributed by atoms with Crippen LogP contribution >= 0.6 is 11.3 Å². The van der Waals surface area contributed by atoms with E-state index in [0.717, 1.165) is 17.6 Å². The summed E-state index contributed by atoms with van der Waals surface area (Å²) in [5, 5.41) is 17.2. The van der Waals surface area contributed by atoms with Crippen molar-refractivity contribution in [1.29, 1.82) is 5.26 Å². The molecule has 0 radical (unpaired) electrons. The van der Waals surface area contributed by atoms with Gasteiger partial charge < -0.3 is 4.57 Å². The van der Waals surface area contributed by atoms with Gasteiger partial charge in [-0.15, -0.1) is 11.3 Å². The molecule has 13 rings (SSSR count). The van der Waals surface area contributed by atoms with E-state index in [1.807, 2.05) is 23.5 Å². The highest BCUT2D eigenvalue weighted by Crippen LogP contribution is 2.59. The Morgan fingerprint density at radius 3 is 1.78 bits per heavy atom. The molecule has 0 amide bonds. The van der Waals surface area contributed by atoms with Gasteiger partial charge >= 0.3 is 0 Å². The number of rotatable bonds is 8. The Bertz CT molecular complexity index is 3980. The van der Waals surface area contributed by atoms with Gasteiger partial charge in [-0.3, -0.25) is 0 Å². The van der Waals surface area contributed by atoms with Crippen LogP contribution in [-0.2, 0) is 11.8 Å². The molecule has 1 unspecified atom stereocenters. The highest BCUT2D eigenvalue weighted by atomic mass is 32.1. The molecule has 2 nitrogen and oxygen atoms in total. The van der Waals surface area contributed by atoms with Crippen molar-refractivity contribution in [2.75, 3.05) is 0 Å². The lowest BCUT2D eigenvalue weighted by Gasteiger charge is -2.35. The van der Waals surface area contributed by atoms with Crippen LogP contribution in [0.3, 0.4) is 0 Å². The largest absolute Gasteiger partial charge is 0.309 e. The Morgan fingerprint density at radius 2 is 1.13 bits per heavy atom. The third kappa shape index (κ3) is 6.30. The predicted octanol–water partition coefficient (Wildman–Crippen LogP) is 17.2. The monoisotopic (exact) mass is 898 g/mol. The van der Waals surface area contributed by atoms with E-state index in [1.165, 1.54) is 114 Å². The molecule has 1 aliphatic rings. The molecule has 0 saturated heterocycles. The first-order chi connectivity index (χ1) is 33.9. The van der Waals surface area contributed by atoms with Gasteiger partial charge in [0.1, 0.15) is 0 Å². The molecular formula is C66H46N2S. The molecule has 0 fully saturated rings. The minimum Gasteiger partial charge on any atom is -0.309 e. The van der Waals surface area contributed by atoms with E-state index in [-0.39, 0.29) is 5.92 Å². The van der Waals surface area contributed by atoms with Crippen LogP contribution < -0.4 is 0 Å². The summed E-state index contributed by atoms with van der Waals surface area (Å²) in [4.78, 5) is 0. The molecule has 12 aromatic rings. The standard InChI is InChI=1S/C66H46N2S/c1-41-20-30-48(31-21-41)66(49-32-22-42(2)23-33-49)58-37-46(43(3)57(36-44-24-26-45(40-67)27-25-44)47-29-34-54-53-15-8-11-19-63(53)69-64(54)38-47)28-35-56(58)65-55-16-5-4-14-52(55)62(39-59(65)66)68-60-17-9-6-12-50(60)51-13-7-10-18-61(51)68/h4-35,37-39,57H,3,36H2,1-2H3. The molecule has 1 atom stereocenters. The lowest BCUT2D eigenvalue weighted by molar-refractivity contribution is 0.766. The zero-order valence-corrected chi connectivity index (χ0v) is 39.3. The molecule has 0 spiro atoms. The summed E-state index contributed by atoms with van der Waals surface area (Å²) in [6.07, 6.45) is 0.742. The average molecular weight is 899 g/mol. The summed E-state index contributed by atoms with van der Waals surface area (Å²) >= 11 is 1.85. The quantitative estimate of drug-likeness (QED) is 0.149. The van der Waals surface area contributed by atoms with E-state index in [2.05, 4.69) is 225 Å². The van der Waals surface area contributed by atoms with E-state index >= 15 is 0 Å². The van der Waals surface area contributed by atoms with Crippen LogP contribution in [0.2, 0.25) is 0 Å². The maximum atomic E-state index is 9.70. The van der Waals surface area contributed by atoms with Gasteiger partial charge in [0.25, 0.3) is 0 Å². The Balaban J connectivity index is 1.08. The highest BCUT2D eigenvalue weighted by molar-refractivity contribution is 7.25. The van der Waals surface area contributed by atoms with Gasteiger partial charge in [-0.25, -0.2) is 0 Å². The van der Waals surface area contributed by atoms with E-state index in [1.54, 1.807) is 0 Å². The van der Waals surface area contributed by atoms with Gasteiger partial charge in [-0.05, 0) is 130 Å². The Labute approximate surface area is 406 Å². The SMILES string of the molecule is C=C(c1ccc2c(c1)C(c1ccc(C)cc1)(c1ccc(C)cc1)c1cc(-n3c4ccccc4c4ccccc43)c3ccccc3c1-2)C(Cc1ccc(C#N)cc1)c1ccc2c(c1)sc1ccccc12. The average Bonchev–Trinajstić information content (AvgIpc) is 4.04. The van der Waals surface area contributed by atoms with E-state index in [0.29, 0.717) is 5.56 Å². The zero-order valence-electron chi connectivity index (χ0n) is 38.5. The number of para-hydroxylation sites is 2. The van der Waals surface area contributed by atoms with Crippen LogP contribution in [0.15, 0.2) is 219 Å². The maximum absolute atomic E-state index is 9.70. The second kappa shape index (κ2) is 15.9. The number of allylic oxidation sites excluding steroid dienone is 1. The molecule has 0 bridgehead atoms. The predicted molar refractivity (Wildman–Crippen MR) is 291 cm³/mol. The highest BCUT2D eigenvalue weighted by Gasteiger charge is 2.47. The number of aryl methyl sites for hydroxylation is 2. The van der Waals surface area contributed by atoms with Crippen molar-refractivity contribution < 1.29 is 0 Å². The summed E-state index contributed by atoms with van der Waals surface area (Å²) in [5.41, 5.74) is 18.1. The molecule has 3 heteroatoms. The van der Waals surface area contributed by atoms with Crippen molar-refractivity contribution in [3.05, 3.63) is 275 Å². The van der Waals surface area contributed by atoms with E-state index in [4.69, 9.17) is 6.58 Å². The molecule has 0 saturated carbocycles. The second-order valence-electron chi connectivity index (χ2n) is 18.9. The summed E-state index contributed by atoms with van der Waals surface area (Å²) in [7, 11) is 0. The molecule has 326 valence electrons. The molecule has 1 aliphatic carbocycles. The topological polar surface area (TPSA) is 28.7 Å². The lowest BCUT2D eigenvalue weighted by Crippen LogP contribution is -2.29. The minimum atomic E-state index is -0.682. The second-order valence-corrected chi connectivity index (χ2v) is 20.0. The zero-order chi connectivity index (χ0) is 46.4. The van der Waals surface area contributed by atoms with Gasteiger partial charge in [0.2, 0.25) is 0 Å². The number of nitrogens with zero attached hydrogens (tertiary/aromatic N) is 2. The first-order valence-corrected chi connectivity index (χ1v) is 24.6. The number of hydrogen-bond acceptors (Lipinski definition) is 2. The first-order valence-electron chi connectivity index (χ1n) is 23.8. The van der Waals surface area contributed by atoms with Gasteiger partial charge in [0.05, 0.1) is 33.8 Å².